The lowest BCUT2D eigenvalue weighted by molar-refractivity contribution is 0.306. The van der Waals surface area contributed by atoms with Gasteiger partial charge in [0, 0.05) is 18.3 Å². The first kappa shape index (κ1) is 27.3. The number of hydrogen-bond donors (Lipinski definition) is 3. The topological polar surface area (TPSA) is 105 Å². The molecule has 39 heavy (non-hydrogen) atoms. The number of rotatable bonds is 8. The number of anilines is 2. The number of benzene rings is 2. The lowest BCUT2D eigenvalue weighted by atomic mass is 10.2. The third-order valence-electron chi connectivity index (χ3n) is 6.03. The molecule has 1 aliphatic heterocycles. The van der Waals surface area contributed by atoms with Crippen LogP contribution >= 0.6 is 22.9 Å². The second-order valence-electron chi connectivity index (χ2n) is 8.92. The molecule has 0 unspecified atom stereocenters. The molecule has 12 heteroatoms. The number of nitrogens with zero attached hydrogens (tertiary/aromatic N) is 2. The average molecular weight is 586 g/mol. The zero-order valence-electron chi connectivity index (χ0n) is 20.9. The van der Waals surface area contributed by atoms with Crippen molar-refractivity contribution in [3.05, 3.63) is 76.1 Å². The van der Waals surface area contributed by atoms with E-state index in [2.05, 4.69) is 37.2 Å². The molecule has 5 rings (SSSR count). The zero-order valence-corrected chi connectivity index (χ0v) is 23.3. The Bertz CT molecular complexity index is 1670. The fourth-order valence-corrected chi connectivity index (χ4v) is 6.02. The number of hydrogen-bond acceptors (Lipinski definition) is 8. The van der Waals surface area contributed by atoms with Crippen LogP contribution in [0.2, 0.25) is 5.02 Å². The zero-order chi connectivity index (χ0) is 27.4. The minimum absolute atomic E-state index is 0.0553. The second-order valence-corrected chi connectivity index (χ2v) is 12.4. The molecule has 3 heterocycles. The molecule has 2 aromatic carbocycles. The highest BCUT2D eigenvalue weighted by atomic mass is 35.5. The highest BCUT2D eigenvalue weighted by Crippen LogP contribution is 2.33. The van der Waals surface area contributed by atoms with Gasteiger partial charge in [-0.15, -0.1) is 11.3 Å². The average Bonchev–Trinajstić information content (AvgIpc) is 3.54. The Hall–Kier alpha value is -3.27. The third kappa shape index (κ3) is 7.03. The molecule has 3 N–H and O–H groups in total. The number of halogens is 2. The summed E-state index contributed by atoms with van der Waals surface area (Å²) >= 11 is 7.90. The molecule has 202 valence electrons. The Morgan fingerprint density at radius 2 is 2.10 bits per heavy atom. The normalized spacial score (nSPS) is 17.1. The van der Waals surface area contributed by atoms with Gasteiger partial charge in [-0.25, -0.2) is 27.5 Å². The van der Waals surface area contributed by atoms with Crippen LogP contribution in [-0.2, 0) is 16.6 Å². The standard InChI is InChI=1S/C27H25ClFN5O3S2/c1-2-39(35,36)34-21-11-19(30-14-21)6-8-22-13-23-26(31-16-32-27(23)38-22)33-20-7-9-25(24(28)12-20)37-15-17-4-3-5-18(29)10-17/h3-5,7,9-10,12-13,16,19,21,30,34H,2,11,14-15H2,1H3,(H,31,32,33)/t19-,21-/m0/s1. The molecular weight excluding hydrogens is 561 g/mol. The maximum Gasteiger partial charge on any atom is 0.211 e. The van der Waals surface area contributed by atoms with Gasteiger partial charge in [-0.1, -0.05) is 35.6 Å². The van der Waals surface area contributed by atoms with Gasteiger partial charge in [0.2, 0.25) is 10.0 Å². The van der Waals surface area contributed by atoms with Gasteiger partial charge in [0.25, 0.3) is 0 Å². The summed E-state index contributed by atoms with van der Waals surface area (Å²) in [6.45, 7) is 2.35. The van der Waals surface area contributed by atoms with Crippen LogP contribution in [0.3, 0.4) is 0 Å². The first-order valence-corrected chi connectivity index (χ1v) is 15.1. The van der Waals surface area contributed by atoms with Crippen molar-refractivity contribution in [2.24, 2.45) is 0 Å². The number of nitrogens with one attached hydrogen (secondary N) is 3. The summed E-state index contributed by atoms with van der Waals surface area (Å²) in [7, 11) is -3.25. The van der Waals surface area contributed by atoms with Crippen molar-refractivity contribution in [1.29, 1.82) is 0 Å². The fraction of sp³-hybridized carbons (Fsp3) is 0.259. The number of thiophene rings is 1. The molecule has 2 aromatic heterocycles. The Morgan fingerprint density at radius 3 is 2.90 bits per heavy atom. The molecular formula is C27H25ClFN5O3S2. The Balaban J connectivity index is 1.25. The minimum Gasteiger partial charge on any atom is -0.487 e. The van der Waals surface area contributed by atoms with Crippen molar-refractivity contribution in [1.82, 2.24) is 20.0 Å². The third-order valence-corrected chi connectivity index (χ3v) is 8.74. The Kier molecular flexibility index (Phi) is 8.30. The van der Waals surface area contributed by atoms with Crippen molar-refractivity contribution in [2.75, 3.05) is 17.6 Å². The summed E-state index contributed by atoms with van der Waals surface area (Å²) in [5.74, 6) is 7.21. The quantitative estimate of drug-likeness (QED) is 0.254. The van der Waals surface area contributed by atoms with E-state index in [0.29, 0.717) is 40.8 Å². The van der Waals surface area contributed by atoms with E-state index in [4.69, 9.17) is 16.3 Å². The van der Waals surface area contributed by atoms with E-state index in [1.807, 2.05) is 12.1 Å². The molecule has 0 aliphatic carbocycles. The molecule has 0 spiro atoms. The van der Waals surface area contributed by atoms with E-state index in [1.165, 1.54) is 29.8 Å². The first-order chi connectivity index (χ1) is 18.8. The maximum atomic E-state index is 13.4. The van der Waals surface area contributed by atoms with Crippen LogP contribution in [0, 0.1) is 17.7 Å². The van der Waals surface area contributed by atoms with Gasteiger partial charge in [-0.2, -0.15) is 0 Å². The van der Waals surface area contributed by atoms with Gasteiger partial charge in [0.1, 0.15) is 35.1 Å². The molecule has 0 bridgehead atoms. The van der Waals surface area contributed by atoms with E-state index in [-0.39, 0.29) is 30.3 Å². The molecule has 0 saturated carbocycles. The molecule has 0 amide bonds. The number of ether oxygens (including phenoxy) is 1. The summed E-state index contributed by atoms with van der Waals surface area (Å²) in [6, 6.07) is 13.2. The van der Waals surface area contributed by atoms with E-state index < -0.39 is 10.0 Å². The van der Waals surface area contributed by atoms with Gasteiger partial charge in [0.05, 0.1) is 27.1 Å². The lowest BCUT2D eigenvalue weighted by Gasteiger charge is -2.11. The molecule has 4 aromatic rings. The molecule has 0 radical (unpaired) electrons. The van der Waals surface area contributed by atoms with Crippen LogP contribution in [0.15, 0.2) is 54.9 Å². The molecule has 1 aliphatic rings. The summed E-state index contributed by atoms with van der Waals surface area (Å²) in [5, 5.41) is 7.76. The fourth-order valence-electron chi connectivity index (χ4n) is 4.07. The minimum atomic E-state index is -3.25. The van der Waals surface area contributed by atoms with Crippen LogP contribution in [0.5, 0.6) is 5.75 Å². The Labute approximate surface area is 235 Å². The first-order valence-electron chi connectivity index (χ1n) is 12.2. The van der Waals surface area contributed by atoms with Crippen molar-refractivity contribution in [2.45, 2.75) is 32.0 Å². The smallest absolute Gasteiger partial charge is 0.211 e. The predicted octanol–water partition coefficient (Wildman–Crippen LogP) is 4.83. The largest absolute Gasteiger partial charge is 0.487 e. The summed E-state index contributed by atoms with van der Waals surface area (Å²) in [6.07, 6.45) is 2.09. The van der Waals surface area contributed by atoms with Crippen LogP contribution < -0.4 is 20.1 Å². The highest BCUT2D eigenvalue weighted by molar-refractivity contribution is 7.89. The number of fused-ring (bicyclic) bond motifs is 1. The van der Waals surface area contributed by atoms with Crippen molar-refractivity contribution < 1.29 is 17.5 Å². The van der Waals surface area contributed by atoms with Crippen molar-refractivity contribution >= 4 is 54.7 Å². The van der Waals surface area contributed by atoms with Crippen molar-refractivity contribution in [3.63, 3.8) is 0 Å². The van der Waals surface area contributed by atoms with Crippen molar-refractivity contribution in [3.8, 4) is 17.6 Å². The number of sulfonamides is 1. The van der Waals surface area contributed by atoms with Crippen LogP contribution in [-0.4, -0.2) is 42.8 Å². The van der Waals surface area contributed by atoms with Crippen LogP contribution in [0.25, 0.3) is 10.2 Å². The molecule has 8 nitrogen and oxygen atoms in total. The van der Waals surface area contributed by atoms with Gasteiger partial charge in [-0.3, -0.25) is 0 Å². The van der Waals surface area contributed by atoms with Crippen LogP contribution in [0.4, 0.5) is 15.9 Å². The highest BCUT2D eigenvalue weighted by Gasteiger charge is 2.25. The molecule has 2 atom stereocenters. The van der Waals surface area contributed by atoms with Gasteiger partial charge < -0.3 is 15.4 Å². The summed E-state index contributed by atoms with van der Waals surface area (Å²) in [4.78, 5) is 10.4. The second kappa shape index (κ2) is 11.9. The predicted molar refractivity (Wildman–Crippen MR) is 153 cm³/mol. The molecule has 1 saturated heterocycles. The summed E-state index contributed by atoms with van der Waals surface area (Å²) < 4.78 is 45.5. The summed E-state index contributed by atoms with van der Waals surface area (Å²) in [5.41, 5.74) is 1.42. The van der Waals surface area contributed by atoms with E-state index in [0.717, 1.165) is 15.1 Å². The SMILES string of the molecule is CCS(=O)(=O)N[C@@H]1CN[C@@H](C#Cc2cc3c(Nc4ccc(OCc5cccc(F)c5)c(Cl)c4)ncnc3s2)C1. The van der Waals surface area contributed by atoms with Gasteiger partial charge in [0.15, 0.2) is 0 Å². The maximum absolute atomic E-state index is 13.4. The van der Waals surface area contributed by atoms with Crippen LogP contribution in [0.1, 0.15) is 23.8 Å². The lowest BCUT2D eigenvalue weighted by Crippen LogP contribution is -2.37. The van der Waals surface area contributed by atoms with E-state index in [1.54, 1.807) is 31.2 Å². The van der Waals surface area contributed by atoms with Gasteiger partial charge >= 0.3 is 0 Å². The van der Waals surface area contributed by atoms with E-state index in [9.17, 15) is 12.8 Å². The monoisotopic (exact) mass is 585 g/mol. The molecule has 1 fully saturated rings. The van der Waals surface area contributed by atoms with Gasteiger partial charge in [-0.05, 0) is 55.3 Å². The van der Waals surface area contributed by atoms with E-state index >= 15 is 0 Å². The Morgan fingerprint density at radius 1 is 1.23 bits per heavy atom. The number of aromatic nitrogens is 2.